The first-order chi connectivity index (χ1) is 17.9. The number of esters is 1. The van der Waals surface area contributed by atoms with Crippen molar-refractivity contribution in [2.75, 3.05) is 7.05 Å². The molecule has 1 amide bonds. The molecule has 0 aliphatic heterocycles. The molecule has 0 heterocycles. The number of rotatable bonds is 2. The Morgan fingerprint density at radius 3 is 2.13 bits per heavy atom. The van der Waals surface area contributed by atoms with Crippen molar-refractivity contribution in [3.8, 4) is 0 Å². The first-order valence-electron chi connectivity index (χ1n) is 15.5. The molecule has 220 valence electrons. The molecule has 0 aromatic heterocycles. The Kier molecular flexibility index (Phi) is 6.55. The zero-order valence-corrected chi connectivity index (χ0v) is 26.0. The summed E-state index contributed by atoms with van der Waals surface area (Å²) in [5.41, 5.74) is -0.828. The largest absolute Gasteiger partial charge is 0.462 e. The molecule has 1 N–H and O–H groups in total. The Balaban J connectivity index is 1.52. The van der Waals surface area contributed by atoms with Crippen LogP contribution in [0, 0.1) is 56.2 Å². The number of fused-ring (bicyclic) bond motifs is 7. The number of amides is 1. The maximum atomic E-state index is 14.5. The van der Waals surface area contributed by atoms with E-state index in [2.05, 4.69) is 41.5 Å². The zero-order chi connectivity index (χ0) is 29.0. The van der Waals surface area contributed by atoms with Crippen molar-refractivity contribution in [3.63, 3.8) is 0 Å². The second-order valence-corrected chi connectivity index (χ2v) is 16.5. The predicted molar refractivity (Wildman–Crippen MR) is 150 cm³/mol. The normalized spacial score (nSPS) is 50.5. The molecule has 5 saturated carbocycles. The Bertz CT molecular complexity index is 1070. The van der Waals surface area contributed by atoms with Crippen LogP contribution in [0.1, 0.15) is 120 Å². The monoisotopic (exact) mass is 543 g/mol. The molecule has 0 saturated heterocycles. The van der Waals surface area contributed by atoms with Crippen molar-refractivity contribution in [3.05, 3.63) is 0 Å². The number of carbonyl (C=O) groups excluding carboxylic acids is 3. The second-order valence-electron chi connectivity index (χ2n) is 16.5. The molecule has 10 atom stereocenters. The van der Waals surface area contributed by atoms with E-state index >= 15 is 0 Å². The van der Waals surface area contributed by atoms with Crippen molar-refractivity contribution >= 4 is 17.7 Å². The lowest BCUT2D eigenvalue weighted by atomic mass is 9.31. The van der Waals surface area contributed by atoms with E-state index < -0.39 is 5.41 Å². The maximum absolute atomic E-state index is 14.5. The lowest BCUT2D eigenvalue weighted by molar-refractivity contribution is -0.245. The van der Waals surface area contributed by atoms with Crippen molar-refractivity contribution < 1.29 is 24.3 Å². The first kappa shape index (κ1) is 29.1. The zero-order valence-electron chi connectivity index (χ0n) is 26.0. The molecule has 1 unspecified atom stereocenters. The fourth-order valence-electron chi connectivity index (χ4n) is 11.9. The molecule has 5 rings (SSSR count). The number of carbonyl (C=O) groups is 3. The molecule has 5 aliphatic carbocycles. The summed E-state index contributed by atoms with van der Waals surface area (Å²) in [6, 6.07) is 0. The van der Waals surface area contributed by atoms with Crippen LogP contribution in [-0.4, -0.2) is 41.1 Å². The minimum absolute atomic E-state index is 0.00657. The molecule has 5 fully saturated rings. The van der Waals surface area contributed by atoms with Crippen LogP contribution < -0.4 is 0 Å². The summed E-state index contributed by atoms with van der Waals surface area (Å²) in [6.07, 6.45) is 9.10. The van der Waals surface area contributed by atoms with Crippen molar-refractivity contribution in [1.29, 1.82) is 0 Å². The van der Waals surface area contributed by atoms with Crippen molar-refractivity contribution in [1.82, 2.24) is 5.06 Å². The second kappa shape index (κ2) is 8.79. The van der Waals surface area contributed by atoms with Crippen LogP contribution in [0.2, 0.25) is 0 Å². The summed E-state index contributed by atoms with van der Waals surface area (Å²) in [5, 5.41) is 10.9. The van der Waals surface area contributed by atoms with Gasteiger partial charge in [-0.05, 0) is 97.2 Å². The lowest BCUT2D eigenvalue weighted by Crippen LogP contribution is -2.69. The van der Waals surface area contributed by atoms with E-state index in [1.165, 1.54) is 14.0 Å². The lowest BCUT2D eigenvalue weighted by Gasteiger charge is -2.72. The van der Waals surface area contributed by atoms with Gasteiger partial charge in [-0.15, -0.1) is 0 Å². The third-order valence-electron chi connectivity index (χ3n) is 14.2. The minimum Gasteiger partial charge on any atom is -0.462 e. The Hall–Kier alpha value is -1.43. The third-order valence-corrected chi connectivity index (χ3v) is 14.2. The number of hydrogen-bond acceptors (Lipinski definition) is 5. The highest BCUT2D eigenvalue weighted by Crippen LogP contribution is 2.76. The van der Waals surface area contributed by atoms with Gasteiger partial charge in [0.05, 0.1) is 0 Å². The average molecular weight is 544 g/mol. The van der Waals surface area contributed by atoms with Crippen LogP contribution in [0.4, 0.5) is 0 Å². The summed E-state index contributed by atoms with van der Waals surface area (Å²) >= 11 is 0. The van der Waals surface area contributed by atoms with Crippen LogP contribution in [0.25, 0.3) is 0 Å². The standard InChI is InChI=1S/C33H53NO5/c1-20(35)39-25-11-12-31(6)24(28(25,2)3)10-13-33(8)26(31)23(36)18-21-22-19-30(5,27(37)34(9)38)15-14-29(22,4)16-17-32(21,33)7/h21-22,24-26,38H,10-19H2,1-9H3/t21-,22-,24?,25+,26-,29-,30+,31+,32-,33-/m1/s1. The predicted octanol–water partition coefficient (Wildman–Crippen LogP) is 6.83. The SMILES string of the molecule is CC(=O)O[C@H]1CC[C@@]2(C)C(CC[C@]3(C)[C@@H]2C(=O)C[C@@H]2[C@H]4C[C@@](C)(C(=O)N(C)O)CC[C@]4(C)CC[C@]23C)C1(C)C. The maximum Gasteiger partial charge on any atom is 0.302 e. The molecule has 6 heteroatoms. The molecule has 0 aromatic carbocycles. The third kappa shape index (κ3) is 3.85. The summed E-state index contributed by atoms with van der Waals surface area (Å²) in [5.74, 6) is 0.909. The van der Waals surface area contributed by atoms with Gasteiger partial charge in [-0.25, -0.2) is 5.06 Å². The van der Waals surface area contributed by atoms with E-state index in [9.17, 15) is 19.6 Å². The highest BCUT2D eigenvalue weighted by molar-refractivity contribution is 5.85. The van der Waals surface area contributed by atoms with E-state index in [0.717, 1.165) is 62.9 Å². The summed E-state index contributed by atoms with van der Waals surface area (Å²) in [7, 11) is 1.44. The summed E-state index contributed by atoms with van der Waals surface area (Å²) in [6.45, 7) is 17.8. The molecule has 5 aliphatic rings. The van der Waals surface area contributed by atoms with E-state index in [0.29, 0.717) is 24.0 Å². The van der Waals surface area contributed by atoms with Gasteiger partial charge in [-0.2, -0.15) is 0 Å². The smallest absolute Gasteiger partial charge is 0.302 e. The first-order valence-corrected chi connectivity index (χ1v) is 15.5. The van der Waals surface area contributed by atoms with E-state index in [1.807, 2.05) is 6.92 Å². The summed E-state index contributed by atoms with van der Waals surface area (Å²) < 4.78 is 5.85. The van der Waals surface area contributed by atoms with Crippen LogP contribution in [-0.2, 0) is 19.1 Å². The topological polar surface area (TPSA) is 83.9 Å². The molecular weight excluding hydrogens is 490 g/mol. The molecule has 6 nitrogen and oxygen atoms in total. The van der Waals surface area contributed by atoms with Gasteiger partial charge in [-0.1, -0.05) is 48.5 Å². The Labute approximate surface area is 235 Å². The van der Waals surface area contributed by atoms with Crippen LogP contribution in [0.5, 0.6) is 0 Å². The Morgan fingerprint density at radius 2 is 1.51 bits per heavy atom. The fraction of sp³-hybridized carbons (Fsp3) is 0.909. The minimum atomic E-state index is -0.588. The van der Waals surface area contributed by atoms with Gasteiger partial charge < -0.3 is 4.74 Å². The number of Topliss-reactive ketones (excluding diaryl/α,β-unsaturated/α-hetero) is 1. The van der Waals surface area contributed by atoms with Crippen molar-refractivity contribution in [2.45, 2.75) is 126 Å². The van der Waals surface area contributed by atoms with Crippen LogP contribution in [0.15, 0.2) is 0 Å². The van der Waals surface area contributed by atoms with Gasteiger partial charge in [0.2, 0.25) is 0 Å². The Morgan fingerprint density at radius 1 is 0.872 bits per heavy atom. The molecule has 0 aromatic rings. The number of hydrogen-bond donors (Lipinski definition) is 1. The average Bonchev–Trinajstić information content (AvgIpc) is 2.82. The number of hydroxylamine groups is 2. The van der Waals surface area contributed by atoms with Gasteiger partial charge in [0, 0.05) is 37.1 Å². The van der Waals surface area contributed by atoms with E-state index in [1.54, 1.807) is 0 Å². The van der Waals surface area contributed by atoms with Crippen LogP contribution >= 0.6 is 0 Å². The number of ketones is 1. The molecule has 0 bridgehead atoms. The quantitative estimate of drug-likeness (QED) is 0.235. The van der Waals surface area contributed by atoms with Gasteiger partial charge in [0.15, 0.2) is 0 Å². The highest BCUT2D eigenvalue weighted by Gasteiger charge is 2.72. The molecule has 0 radical (unpaired) electrons. The van der Waals surface area contributed by atoms with Crippen LogP contribution in [0.3, 0.4) is 0 Å². The van der Waals surface area contributed by atoms with Gasteiger partial charge in [-0.3, -0.25) is 19.6 Å². The van der Waals surface area contributed by atoms with E-state index in [4.69, 9.17) is 4.74 Å². The molecular formula is C33H53NO5. The van der Waals surface area contributed by atoms with Crippen molar-refractivity contribution in [2.24, 2.45) is 56.2 Å². The van der Waals surface area contributed by atoms with E-state index in [-0.39, 0.29) is 56.9 Å². The van der Waals surface area contributed by atoms with Gasteiger partial charge >= 0.3 is 5.97 Å². The molecule has 39 heavy (non-hydrogen) atoms. The highest BCUT2D eigenvalue weighted by atomic mass is 16.5. The number of ether oxygens (including phenoxy) is 1. The number of nitrogens with zero attached hydrogens (tertiary/aromatic N) is 1. The van der Waals surface area contributed by atoms with Gasteiger partial charge in [0.1, 0.15) is 11.9 Å². The van der Waals surface area contributed by atoms with Gasteiger partial charge in [0.25, 0.3) is 5.91 Å². The molecule has 0 spiro atoms. The summed E-state index contributed by atoms with van der Waals surface area (Å²) in [4.78, 5) is 39.6. The fourth-order valence-corrected chi connectivity index (χ4v) is 11.9.